The number of nitrogens with zero attached hydrogens (tertiary/aromatic N) is 4. The van der Waals surface area contributed by atoms with Crippen molar-refractivity contribution in [3.05, 3.63) is 65.1 Å². The van der Waals surface area contributed by atoms with Gasteiger partial charge in [-0.1, -0.05) is 6.92 Å². The van der Waals surface area contributed by atoms with Crippen molar-refractivity contribution in [3.8, 4) is 23.6 Å². The van der Waals surface area contributed by atoms with Gasteiger partial charge in [-0.05, 0) is 49.2 Å². The molecule has 1 saturated heterocycles. The Hall–Kier alpha value is -3.63. The summed E-state index contributed by atoms with van der Waals surface area (Å²) in [6.45, 7) is 8.46. The van der Waals surface area contributed by atoms with Crippen molar-refractivity contribution < 1.29 is 13.5 Å². The van der Waals surface area contributed by atoms with E-state index in [1.54, 1.807) is 13.1 Å². The number of morpholine rings is 1. The minimum atomic E-state index is -0.680. The molecule has 2 heterocycles. The maximum Gasteiger partial charge on any atom is 0.135 e. The zero-order valence-corrected chi connectivity index (χ0v) is 20.2. The highest BCUT2D eigenvalue weighted by molar-refractivity contribution is 5.94. The van der Waals surface area contributed by atoms with Crippen LogP contribution in [0.15, 0.2) is 52.9 Å². The van der Waals surface area contributed by atoms with Gasteiger partial charge in [0.25, 0.3) is 0 Å². The third kappa shape index (κ3) is 5.08. The Bertz CT molecular complexity index is 1340. The molecule has 7 heteroatoms. The molecular weight excluding hydrogens is 446 g/mol. The molecular formula is C28H28F2N4O. The molecule has 0 saturated carbocycles. The molecule has 1 aliphatic rings. The summed E-state index contributed by atoms with van der Waals surface area (Å²) in [5.74, 6) is 0.863. The summed E-state index contributed by atoms with van der Waals surface area (Å²) in [7, 11) is 0. The highest BCUT2D eigenvalue weighted by Crippen LogP contribution is 2.36. The van der Waals surface area contributed by atoms with Gasteiger partial charge in [0, 0.05) is 60.0 Å². The molecule has 35 heavy (non-hydrogen) atoms. The smallest absolute Gasteiger partial charge is 0.135 e. The van der Waals surface area contributed by atoms with Gasteiger partial charge in [-0.2, -0.15) is 0 Å². The lowest BCUT2D eigenvalue weighted by Crippen LogP contribution is -2.36. The molecule has 0 aliphatic carbocycles. The molecule has 1 unspecified atom stereocenters. The fraction of sp³-hybridized carbons (Fsp3) is 0.321. The van der Waals surface area contributed by atoms with Crippen molar-refractivity contribution in [2.75, 3.05) is 31.2 Å². The number of ether oxygens (including phenoxy) is 1. The predicted octanol–water partition coefficient (Wildman–Crippen LogP) is 5.90. The van der Waals surface area contributed by atoms with E-state index in [4.69, 9.17) is 11.2 Å². The Balaban J connectivity index is 1.80. The number of aromatic nitrogens is 2. The summed E-state index contributed by atoms with van der Waals surface area (Å²) in [4.78, 5) is 15.5. The van der Waals surface area contributed by atoms with Crippen molar-refractivity contribution in [1.82, 2.24) is 9.97 Å². The third-order valence-corrected chi connectivity index (χ3v) is 6.29. The van der Waals surface area contributed by atoms with Crippen LogP contribution in [-0.4, -0.2) is 42.5 Å². The summed E-state index contributed by atoms with van der Waals surface area (Å²) >= 11 is 0. The van der Waals surface area contributed by atoms with Crippen molar-refractivity contribution in [1.29, 1.82) is 0 Å². The van der Waals surface area contributed by atoms with Gasteiger partial charge in [-0.25, -0.2) is 18.7 Å². The molecule has 0 bridgehead atoms. The van der Waals surface area contributed by atoms with Gasteiger partial charge in [-0.3, -0.25) is 4.99 Å². The van der Waals surface area contributed by atoms with E-state index in [1.807, 2.05) is 32.0 Å². The van der Waals surface area contributed by atoms with Gasteiger partial charge in [0.05, 0.1) is 24.4 Å². The summed E-state index contributed by atoms with van der Waals surface area (Å²) in [5, 5.41) is 0.694. The average molecular weight is 475 g/mol. The minimum absolute atomic E-state index is 0.217. The standard InChI is InChI=1S/C28H28F2N4O/c1-5-7-18(3)27(31-6-2)19(4)22-15-23(25(30)16-24(22)29)28-21-9-8-20(14-26(21)32-17-33-28)34-10-12-35-13-11-34/h1,6,8-9,14-17,19H,7,10-13H2,2-4H3/b27-18-,31-6-. The molecule has 1 fully saturated rings. The zero-order valence-electron chi connectivity index (χ0n) is 20.2. The molecule has 1 atom stereocenters. The lowest BCUT2D eigenvalue weighted by Gasteiger charge is -2.29. The Labute approximate surface area is 204 Å². The van der Waals surface area contributed by atoms with E-state index in [1.165, 1.54) is 12.4 Å². The second kappa shape index (κ2) is 10.7. The maximum absolute atomic E-state index is 15.1. The predicted molar refractivity (Wildman–Crippen MR) is 137 cm³/mol. The molecule has 2 aromatic carbocycles. The van der Waals surface area contributed by atoms with Crippen LogP contribution in [0, 0.1) is 24.0 Å². The van der Waals surface area contributed by atoms with E-state index in [-0.39, 0.29) is 5.56 Å². The number of aliphatic imine (C=N–C) groups is 1. The van der Waals surface area contributed by atoms with Gasteiger partial charge in [-0.15, -0.1) is 12.3 Å². The highest BCUT2D eigenvalue weighted by Gasteiger charge is 2.22. The third-order valence-electron chi connectivity index (χ3n) is 6.29. The first-order chi connectivity index (χ1) is 16.9. The number of allylic oxidation sites excluding steroid dienone is 2. The van der Waals surface area contributed by atoms with E-state index in [9.17, 15) is 0 Å². The SMILES string of the molecule is C#CC/C(C)=C(\N=C/C)C(C)c1cc(-c2ncnc3cc(N4CCOCC4)ccc23)c(F)cc1F. The monoisotopic (exact) mass is 474 g/mol. The first-order valence-corrected chi connectivity index (χ1v) is 11.6. The highest BCUT2D eigenvalue weighted by atomic mass is 19.1. The zero-order chi connectivity index (χ0) is 24.9. The molecule has 1 aliphatic heterocycles. The second-order valence-corrected chi connectivity index (χ2v) is 8.53. The quantitative estimate of drug-likeness (QED) is 0.330. The normalized spacial score (nSPS) is 15.8. The van der Waals surface area contributed by atoms with E-state index in [2.05, 4.69) is 25.8 Å². The number of hydrogen-bond donors (Lipinski definition) is 0. The van der Waals surface area contributed by atoms with E-state index < -0.39 is 17.6 Å². The molecule has 0 amide bonds. The number of halogens is 2. The van der Waals surface area contributed by atoms with Gasteiger partial charge < -0.3 is 9.64 Å². The lowest BCUT2D eigenvalue weighted by atomic mass is 9.91. The maximum atomic E-state index is 15.1. The van der Waals surface area contributed by atoms with Crippen LogP contribution < -0.4 is 4.90 Å². The van der Waals surface area contributed by atoms with Crippen molar-refractivity contribution in [2.24, 2.45) is 4.99 Å². The largest absolute Gasteiger partial charge is 0.378 e. The fourth-order valence-electron chi connectivity index (χ4n) is 4.48. The molecule has 0 N–H and O–H groups in total. The fourth-order valence-corrected chi connectivity index (χ4v) is 4.48. The van der Waals surface area contributed by atoms with Gasteiger partial charge in [0.2, 0.25) is 0 Å². The summed E-state index contributed by atoms with van der Waals surface area (Å²) in [6.07, 6.45) is 8.94. The lowest BCUT2D eigenvalue weighted by molar-refractivity contribution is 0.122. The van der Waals surface area contributed by atoms with Crippen LogP contribution in [0.2, 0.25) is 0 Å². The second-order valence-electron chi connectivity index (χ2n) is 8.53. The van der Waals surface area contributed by atoms with Gasteiger partial charge >= 0.3 is 0 Å². The van der Waals surface area contributed by atoms with Crippen LogP contribution in [0.5, 0.6) is 0 Å². The summed E-state index contributed by atoms with van der Waals surface area (Å²) in [5.41, 5.74) is 4.22. The summed E-state index contributed by atoms with van der Waals surface area (Å²) in [6, 6.07) is 8.29. The van der Waals surface area contributed by atoms with Gasteiger partial charge in [0.1, 0.15) is 18.0 Å². The van der Waals surface area contributed by atoms with E-state index >= 15 is 8.78 Å². The molecule has 4 rings (SSSR count). The number of benzene rings is 2. The van der Waals surface area contributed by atoms with Crippen molar-refractivity contribution in [2.45, 2.75) is 33.1 Å². The van der Waals surface area contributed by atoms with Crippen LogP contribution in [0.25, 0.3) is 22.2 Å². The Morgan fingerprint density at radius 2 is 1.97 bits per heavy atom. The van der Waals surface area contributed by atoms with Crippen LogP contribution in [0.4, 0.5) is 14.5 Å². The van der Waals surface area contributed by atoms with Crippen LogP contribution in [0.1, 0.15) is 38.7 Å². The van der Waals surface area contributed by atoms with Crippen LogP contribution in [-0.2, 0) is 4.74 Å². The Kier molecular flexibility index (Phi) is 7.52. The molecule has 1 aromatic heterocycles. The molecule has 0 radical (unpaired) electrons. The number of anilines is 1. The first-order valence-electron chi connectivity index (χ1n) is 11.6. The van der Waals surface area contributed by atoms with Crippen molar-refractivity contribution >= 4 is 22.8 Å². The number of terminal acetylenes is 1. The first kappa shape index (κ1) is 24.5. The molecule has 3 aromatic rings. The van der Waals surface area contributed by atoms with Crippen molar-refractivity contribution in [3.63, 3.8) is 0 Å². The Morgan fingerprint density at radius 1 is 1.20 bits per heavy atom. The number of fused-ring (bicyclic) bond motifs is 1. The Morgan fingerprint density at radius 3 is 2.69 bits per heavy atom. The van der Waals surface area contributed by atoms with E-state index in [0.29, 0.717) is 47.5 Å². The molecule has 5 nitrogen and oxygen atoms in total. The summed E-state index contributed by atoms with van der Waals surface area (Å²) < 4.78 is 35.6. The van der Waals surface area contributed by atoms with Gasteiger partial charge in [0.15, 0.2) is 0 Å². The topological polar surface area (TPSA) is 50.6 Å². The average Bonchev–Trinajstić information content (AvgIpc) is 2.87. The van der Waals surface area contributed by atoms with Crippen LogP contribution in [0.3, 0.4) is 0 Å². The minimum Gasteiger partial charge on any atom is -0.378 e. The number of rotatable bonds is 6. The molecule has 0 spiro atoms. The van der Waals surface area contributed by atoms with Crippen LogP contribution >= 0.6 is 0 Å². The number of hydrogen-bond acceptors (Lipinski definition) is 5. The molecule has 180 valence electrons. The van der Waals surface area contributed by atoms with E-state index in [0.717, 1.165) is 30.4 Å².